The van der Waals surface area contributed by atoms with Crippen molar-refractivity contribution in [2.45, 2.75) is 25.7 Å². The highest BCUT2D eigenvalue weighted by atomic mass is 32.2. The number of hydrogen-bond donors (Lipinski definition) is 1. The minimum Gasteiger partial charge on any atom is -0.497 e. The van der Waals surface area contributed by atoms with Gasteiger partial charge in [0.25, 0.3) is 5.91 Å². The average molecular weight is 491 g/mol. The molecule has 34 heavy (non-hydrogen) atoms. The molecule has 1 aliphatic rings. The Kier molecular flexibility index (Phi) is 7.98. The summed E-state index contributed by atoms with van der Waals surface area (Å²) < 4.78 is 5.75. The first-order chi connectivity index (χ1) is 16.5. The molecule has 1 aliphatic heterocycles. The Morgan fingerprint density at radius 3 is 2.56 bits per heavy atom. The van der Waals surface area contributed by atoms with Crippen molar-refractivity contribution >= 4 is 62.7 Å². The van der Waals surface area contributed by atoms with Gasteiger partial charge in [0.2, 0.25) is 5.91 Å². The predicted molar refractivity (Wildman–Crippen MR) is 144 cm³/mol. The van der Waals surface area contributed by atoms with E-state index in [0.29, 0.717) is 22.2 Å². The van der Waals surface area contributed by atoms with Crippen molar-refractivity contribution in [1.29, 1.82) is 0 Å². The summed E-state index contributed by atoms with van der Waals surface area (Å²) in [6.45, 7) is 0.566. The first-order valence-corrected chi connectivity index (χ1v) is 12.4. The van der Waals surface area contributed by atoms with Gasteiger partial charge >= 0.3 is 0 Å². The van der Waals surface area contributed by atoms with E-state index in [0.717, 1.165) is 47.0 Å². The van der Waals surface area contributed by atoms with Crippen LogP contribution in [-0.2, 0) is 9.59 Å². The lowest BCUT2D eigenvalue weighted by molar-refractivity contribution is -0.122. The van der Waals surface area contributed by atoms with E-state index in [1.165, 1.54) is 11.8 Å². The average Bonchev–Trinajstić information content (AvgIpc) is 3.11. The van der Waals surface area contributed by atoms with E-state index in [4.69, 9.17) is 17.0 Å². The van der Waals surface area contributed by atoms with Crippen LogP contribution >= 0.6 is 24.0 Å². The van der Waals surface area contributed by atoms with Crippen LogP contribution in [0.5, 0.6) is 5.75 Å². The molecule has 1 heterocycles. The summed E-state index contributed by atoms with van der Waals surface area (Å²) in [5.41, 5.74) is 1.74. The van der Waals surface area contributed by atoms with Gasteiger partial charge in [0.1, 0.15) is 10.1 Å². The summed E-state index contributed by atoms with van der Waals surface area (Å²) >= 11 is 6.75. The predicted octanol–water partition coefficient (Wildman–Crippen LogP) is 6.25. The van der Waals surface area contributed by atoms with E-state index in [1.807, 2.05) is 72.8 Å². The largest absolute Gasteiger partial charge is 0.497 e. The minimum atomic E-state index is -0.0557. The Hall–Kier alpha value is -3.16. The lowest BCUT2D eigenvalue weighted by atomic mass is 10.1. The highest BCUT2D eigenvalue weighted by Crippen LogP contribution is 2.33. The van der Waals surface area contributed by atoms with Crippen molar-refractivity contribution < 1.29 is 14.3 Å². The maximum Gasteiger partial charge on any atom is 0.266 e. The lowest BCUT2D eigenvalue weighted by Crippen LogP contribution is -2.29. The van der Waals surface area contributed by atoms with Crippen LogP contribution in [0.2, 0.25) is 0 Å². The summed E-state index contributed by atoms with van der Waals surface area (Å²) in [6.07, 6.45) is 4.71. The van der Waals surface area contributed by atoms with Gasteiger partial charge in [-0.05, 0) is 59.5 Å². The number of anilines is 1. The molecule has 1 N–H and O–H groups in total. The number of thiocarbonyl (C=S) groups is 1. The zero-order chi connectivity index (χ0) is 23.9. The standard InChI is InChI=1S/C27H26N2O3S2/c1-32-23-14-10-19(11-15-23)17-24-26(31)29(27(33)34-24)16-6-2-3-9-25(30)28-22-13-12-20-7-4-5-8-21(20)18-22/h4-5,7-8,10-15,17-18H,2-3,6,9,16H2,1H3,(H,28,30). The van der Waals surface area contributed by atoms with Gasteiger partial charge in [-0.15, -0.1) is 0 Å². The molecule has 0 spiro atoms. The smallest absolute Gasteiger partial charge is 0.266 e. The van der Waals surface area contributed by atoms with E-state index in [1.54, 1.807) is 12.0 Å². The highest BCUT2D eigenvalue weighted by Gasteiger charge is 2.31. The number of unbranched alkanes of at least 4 members (excludes halogenated alkanes) is 2. The molecule has 0 atom stereocenters. The SMILES string of the molecule is COc1ccc(C=C2SC(=S)N(CCCCCC(=O)Nc3ccc4ccccc4c3)C2=O)cc1. The van der Waals surface area contributed by atoms with Crippen molar-refractivity contribution in [3.63, 3.8) is 0 Å². The summed E-state index contributed by atoms with van der Waals surface area (Å²) in [5, 5.41) is 5.22. The molecule has 7 heteroatoms. The topological polar surface area (TPSA) is 58.6 Å². The molecule has 0 bridgehead atoms. The molecule has 0 radical (unpaired) electrons. The number of hydrogen-bond acceptors (Lipinski definition) is 5. The number of thioether (sulfide) groups is 1. The molecule has 174 valence electrons. The molecular weight excluding hydrogens is 464 g/mol. The fraction of sp³-hybridized carbons (Fsp3) is 0.222. The molecular formula is C27H26N2O3S2. The summed E-state index contributed by atoms with van der Waals surface area (Å²) in [6, 6.07) is 21.5. The number of methoxy groups -OCH3 is 1. The van der Waals surface area contributed by atoms with Gasteiger partial charge in [-0.2, -0.15) is 0 Å². The normalized spacial score (nSPS) is 14.7. The monoisotopic (exact) mass is 490 g/mol. The van der Waals surface area contributed by atoms with E-state index in [9.17, 15) is 9.59 Å². The van der Waals surface area contributed by atoms with Crippen LogP contribution in [0.15, 0.2) is 71.6 Å². The minimum absolute atomic E-state index is 0.00307. The van der Waals surface area contributed by atoms with Gasteiger partial charge in [0.05, 0.1) is 12.0 Å². The molecule has 4 rings (SSSR count). The van der Waals surface area contributed by atoms with Crippen LogP contribution in [0.4, 0.5) is 5.69 Å². The molecule has 5 nitrogen and oxygen atoms in total. The van der Waals surface area contributed by atoms with Crippen molar-refractivity contribution in [1.82, 2.24) is 4.90 Å². The number of fused-ring (bicyclic) bond motifs is 1. The van der Waals surface area contributed by atoms with Gasteiger partial charge in [-0.3, -0.25) is 14.5 Å². The van der Waals surface area contributed by atoms with Gasteiger partial charge in [-0.25, -0.2) is 0 Å². The number of ether oxygens (including phenoxy) is 1. The van der Waals surface area contributed by atoms with E-state index in [2.05, 4.69) is 5.32 Å². The number of nitrogens with one attached hydrogen (secondary N) is 1. The molecule has 3 aromatic carbocycles. The maximum atomic E-state index is 12.8. The molecule has 0 aliphatic carbocycles. The number of carbonyl (C=O) groups is 2. The van der Waals surface area contributed by atoms with Crippen LogP contribution in [-0.4, -0.2) is 34.7 Å². The second-order valence-corrected chi connectivity index (χ2v) is 9.70. The summed E-state index contributed by atoms with van der Waals surface area (Å²) in [4.78, 5) is 27.4. The molecule has 1 saturated heterocycles. The second-order valence-electron chi connectivity index (χ2n) is 8.03. The number of benzene rings is 3. The Morgan fingerprint density at radius 2 is 1.79 bits per heavy atom. The zero-order valence-corrected chi connectivity index (χ0v) is 20.6. The van der Waals surface area contributed by atoms with Crippen molar-refractivity contribution in [2.75, 3.05) is 19.0 Å². The molecule has 3 aromatic rings. The van der Waals surface area contributed by atoms with Crippen molar-refractivity contribution in [3.8, 4) is 5.75 Å². The Balaban J connectivity index is 1.20. The van der Waals surface area contributed by atoms with Crippen LogP contribution in [0.25, 0.3) is 16.8 Å². The first kappa shape index (κ1) is 24.0. The molecule has 0 aromatic heterocycles. The van der Waals surface area contributed by atoms with Crippen LogP contribution in [0.3, 0.4) is 0 Å². The summed E-state index contributed by atoms with van der Waals surface area (Å²) in [7, 11) is 1.62. The fourth-order valence-corrected chi connectivity index (χ4v) is 5.08. The third kappa shape index (κ3) is 6.04. The van der Waals surface area contributed by atoms with Crippen molar-refractivity contribution in [3.05, 3.63) is 77.2 Å². The third-order valence-corrected chi connectivity index (χ3v) is 6.98. The Labute approximate surface area is 209 Å². The van der Waals surface area contributed by atoms with Crippen molar-refractivity contribution in [2.24, 2.45) is 0 Å². The number of amides is 2. The van der Waals surface area contributed by atoms with Crippen LogP contribution in [0, 0.1) is 0 Å². The van der Waals surface area contributed by atoms with E-state index >= 15 is 0 Å². The number of rotatable bonds is 9. The third-order valence-electron chi connectivity index (χ3n) is 5.61. The first-order valence-electron chi connectivity index (χ1n) is 11.2. The van der Waals surface area contributed by atoms with E-state index < -0.39 is 0 Å². The Bertz CT molecular complexity index is 1240. The quantitative estimate of drug-likeness (QED) is 0.218. The van der Waals surface area contributed by atoms with Gasteiger partial charge in [0.15, 0.2) is 0 Å². The molecule has 1 fully saturated rings. The molecule has 0 unspecified atom stereocenters. The van der Waals surface area contributed by atoms with E-state index in [-0.39, 0.29) is 11.8 Å². The highest BCUT2D eigenvalue weighted by molar-refractivity contribution is 8.26. The summed E-state index contributed by atoms with van der Waals surface area (Å²) in [5.74, 6) is 0.721. The number of nitrogens with zero attached hydrogens (tertiary/aromatic N) is 1. The molecule has 0 saturated carbocycles. The van der Waals surface area contributed by atoms with Crippen LogP contribution < -0.4 is 10.1 Å². The van der Waals surface area contributed by atoms with Crippen LogP contribution in [0.1, 0.15) is 31.2 Å². The zero-order valence-electron chi connectivity index (χ0n) is 19.0. The lowest BCUT2D eigenvalue weighted by Gasteiger charge is -2.14. The number of carbonyl (C=O) groups excluding carboxylic acids is 2. The molecule has 2 amide bonds. The second kappa shape index (κ2) is 11.3. The fourth-order valence-electron chi connectivity index (χ4n) is 3.77. The maximum absolute atomic E-state index is 12.8. The van der Waals surface area contributed by atoms with Gasteiger partial charge in [-0.1, -0.05) is 72.9 Å². The van der Waals surface area contributed by atoms with Gasteiger partial charge < -0.3 is 10.1 Å². The van der Waals surface area contributed by atoms with Gasteiger partial charge in [0, 0.05) is 18.7 Å². The Morgan fingerprint density at radius 1 is 1.03 bits per heavy atom.